The first-order valence-electron chi connectivity index (χ1n) is 5.08. The van der Waals surface area contributed by atoms with Gasteiger partial charge in [-0.05, 0) is 18.6 Å². The average Bonchev–Trinajstić information content (AvgIpc) is 2.76. The minimum absolute atomic E-state index is 0.202. The van der Waals surface area contributed by atoms with Gasteiger partial charge in [-0.1, -0.05) is 33.2 Å². The molecule has 0 bridgehead atoms. The summed E-state index contributed by atoms with van der Waals surface area (Å²) >= 11 is 3.32. The molecule has 90 valence electrons. The van der Waals surface area contributed by atoms with Gasteiger partial charge in [0.15, 0.2) is 0 Å². The zero-order valence-electron chi connectivity index (χ0n) is 9.15. The molecular weight excluding hydrogens is 289 g/mol. The van der Waals surface area contributed by atoms with Crippen LogP contribution < -0.4 is 5.73 Å². The predicted molar refractivity (Wildman–Crippen MR) is 64.8 cm³/mol. The first-order valence-corrected chi connectivity index (χ1v) is 5.87. The van der Waals surface area contributed by atoms with E-state index in [2.05, 4.69) is 26.1 Å². The van der Waals surface area contributed by atoms with Crippen LogP contribution >= 0.6 is 15.9 Å². The van der Waals surface area contributed by atoms with E-state index in [-0.39, 0.29) is 6.54 Å². The van der Waals surface area contributed by atoms with E-state index in [4.69, 9.17) is 10.3 Å². The lowest BCUT2D eigenvalue weighted by Crippen LogP contribution is -1.95. The molecule has 0 fully saturated rings. The Hall–Kier alpha value is -1.27. The number of halogens is 2. The molecule has 0 amide bonds. The predicted octanol–water partition coefficient (Wildman–Crippen LogP) is 2.99. The van der Waals surface area contributed by atoms with Crippen molar-refractivity contribution in [3.8, 4) is 11.4 Å². The molecule has 2 N–H and O–H groups in total. The highest BCUT2D eigenvalue weighted by atomic mass is 79.9. The number of nitrogens with zero attached hydrogens (tertiary/aromatic N) is 2. The van der Waals surface area contributed by atoms with Gasteiger partial charge >= 0.3 is 0 Å². The molecule has 0 aliphatic heterocycles. The lowest BCUT2D eigenvalue weighted by atomic mass is 10.1. The molecule has 0 radical (unpaired) electrons. The van der Waals surface area contributed by atoms with E-state index in [0.29, 0.717) is 21.8 Å². The van der Waals surface area contributed by atoms with Crippen molar-refractivity contribution in [2.24, 2.45) is 5.73 Å². The summed E-state index contributed by atoms with van der Waals surface area (Å²) in [5.41, 5.74) is 6.73. The summed E-state index contributed by atoms with van der Waals surface area (Å²) in [5, 5.41) is 3.79. The molecule has 4 nitrogen and oxygen atoms in total. The maximum atomic E-state index is 13.2. The normalized spacial score (nSPS) is 12.7. The molecule has 17 heavy (non-hydrogen) atoms. The average molecular weight is 300 g/mol. The number of hydrogen-bond acceptors (Lipinski definition) is 4. The number of benzene rings is 1. The quantitative estimate of drug-likeness (QED) is 0.946. The van der Waals surface area contributed by atoms with E-state index in [0.717, 1.165) is 5.56 Å². The van der Waals surface area contributed by atoms with Gasteiger partial charge in [0.2, 0.25) is 11.7 Å². The van der Waals surface area contributed by atoms with Crippen LogP contribution in [0.1, 0.15) is 24.5 Å². The fraction of sp³-hybridized carbons (Fsp3) is 0.273. The third-order valence-corrected chi connectivity index (χ3v) is 3.02. The summed E-state index contributed by atoms with van der Waals surface area (Å²) in [6.07, 6.45) is -1.02. The highest BCUT2D eigenvalue weighted by Crippen LogP contribution is 2.29. The van der Waals surface area contributed by atoms with Crippen LogP contribution in [0, 0.1) is 0 Å². The van der Waals surface area contributed by atoms with Crippen LogP contribution in [0.15, 0.2) is 27.2 Å². The van der Waals surface area contributed by atoms with Crippen LogP contribution in [0.5, 0.6) is 0 Å². The topological polar surface area (TPSA) is 64.9 Å². The molecule has 1 aromatic carbocycles. The number of alkyl halides is 1. The van der Waals surface area contributed by atoms with Crippen molar-refractivity contribution in [1.82, 2.24) is 10.1 Å². The molecule has 2 aromatic rings. The smallest absolute Gasteiger partial charge is 0.240 e. The zero-order chi connectivity index (χ0) is 12.4. The van der Waals surface area contributed by atoms with Gasteiger partial charge in [0.25, 0.3) is 0 Å². The second-order valence-electron chi connectivity index (χ2n) is 3.57. The standard InChI is InChI=1S/C11H11BrFN3O/c1-6(13)8-3-2-7(4-9(8)12)11-15-10(5-14)17-16-11/h2-4,6H,5,14H2,1H3. The van der Waals surface area contributed by atoms with Gasteiger partial charge in [-0.3, -0.25) is 0 Å². The number of aromatic nitrogens is 2. The molecule has 0 aliphatic carbocycles. The third-order valence-electron chi connectivity index (χ3n) is 2.33. The zero-order valence-corrected chi connectivity index (χ0v) is 10.7. The maximum Gasteiger partial charge on any atom is 0.240 e. The molecule has 0 aliphatic rings. The van der Waals surface area contributed by atoms with Gasteiger partial charge < -0.3 is 10.3 Å². The number of rotatable bonds is 3. The van der Waals surface area contributed by atoms with Gasteiger partial charge in [-0.15, -0.1) is 0 Å². The molecular formula is C11H11BrFN3O. The second-order valence-corrected chi connectivity index (χ2v) is 4.42. The Bertz CT molecular complexity index is 527. The fourth-order valence-electron chi connectivity index (χ4n) is 1.44. The summed E-state index contributed by atoms with van der Waals surface area (Å²) in [5.74, 6) is 0.822. The third kappa shape index (κ3) is 2.53. The molecule has 0 spiro atoms. The molecule has 0 saturated carbocycles. The minimum atomic E-state index is -1.02. The molecule has 6 heteroatoms. The van der Waals surface area contributed by atoms with Gasteiger partial charge in [0.05, 0.1) is 6.54 Å². The van der Waals surface area contributed by atoms with Crippen molar-refractivity contribution >= 4 is 15.9 Å². The summed E-state index contributed by atoms with van der Waals surface area (Å²) in [6.45, 7) is 1.69. The first kappa shape index (κ1) is 12.2. The van der Waals surface area contributed by atoms with E-state index in [9.17, 15) is 4.39 Å². The Morgan fingerprint density at radius 3 is 2.82 bits per heavy atom. The Morgan fingerprint density at radius 1 is 1.53 bits per heavy atom. The Kier molecular flexibility index (Phi) is 3.54. The Balaban J connectivity index is 2.37. The van der Waals surface area contributed by atoms with Crippen LogP contribution in [0.4, 0.5) is 4.39 Å². The largest absolute Gasteiger partial charge is 0.338 e. The number of hydrogen-bond donors (Lipinski definition) is 1. The molecule has 1 heterocycles. The van der Waals surface area contributed by atoms with Gasteiger partial charge in [0.1, 0.15) is 6.17 Å². The molecule has 2 rings (SSSR count). The number of nitrogens with two attached hydrogens (primary N) is 1. The second kappa shape index (κ2) is 4.93. The maximum absolute atomic E-state index is 13.2. The summed E-state index contributed by atoms with van der Waals surface area (Å²) < 4.78 is 18.8. The molecule has 1 unspecified atom stereocenters. The SMILES string of the molecule is CC(F)c1ccc(-c2noc(CN)n2)cc1Br. The molecule has 1 atom stereocenters. The van der Waals surface area contributed by atoms with E-state index in [1.54, 1.807) is 18.2 Å². The summed E-state index contributed by atoms with van der Waals surface area (Å²) in [6, 6.07) is 5.21. The molecule has 1 aromatic heterocycles. The first-order chi connectivity index (χ1) is 8.11. The summed E-state index contributed by atoms with van der Waals surface area (Å²) in [7, 11) is 0. The van der Waals surface area contributed by atoms with Crippen LogP contribution in [0.2, 0.25) is 0 Å². The van der Waals surface area contributed by atoms with Crippen LogP contribution in [0.25, 0.3) is 11.4 Å². The van der Waals surface area contributed by atoms with Gasteiger partial charge in [-0.2, -0.15) is 4.98 Å². The fourth-order valence-corrected chi connectivity index (χ4v) is 2.14. The van der Waals surface area contributed by atoms with Crippen molar-refractivity contribution in [3.05, 3.63) is 34.1 Å². The van der Waals surface area contributed by atoms with Gasteiger partial charge in [-0.25, -0.2) is 4.39 Å². The van der Waals surface area contributed by atoms with Crippen molar-refractivity contribution in [2.45, 2.75) is 19.6 Å². The van der Waals surface area contributed by atoms with E-state index < -0.39 is 6.17 Å². The van der Waals surface area contributed by atoms with Crippen molar-refractivity contribution < 1.29 is 8.91 Å². The highest BCUT2D eigenvalue weighted by Gasteiger charge is 2.12. The van der Waals surface area contributed by atoms with E-state index >= 15 is 0 Å². The highest BCUT2D eigenvalue weighted by molar-refractivity contribution is 9.10. The van der Waals surface area contributed by atoms with Crippen molar-refractivity contribution in [1.29, 1.82) is 0 Å². The van der Waals surface area contributed by atoms with Crippen LogP contribution in [0.3, 0.4) is 0 Å². The lowest BCUT2D eigenvalue weighted by molar-refractivity contribution is 0.373. The van der Waals surface area contributed by atoms with Crippen molar-refractivity contribution in [2.75, 3.05) is 0 Å². The summed E-state index contributed by atoms with van der Waals surface area (Å²) in [4.78, 5) is 4.10. The monoisotopic (exact) mass is 299 g/mol. The van der Waals surface area contributed by atoms with Crippen LogP contribution in [-0.2, 0) is 6.54 Å². The van der Waals surface area contributed by atoms with Crippen LogP contribution in [-0.4, -0.2) is 10.1 Å². The Morgan fingerprint density at radius 2 is 2.29 bits per heavy atom. The van der Waals surface area contributed by atoms with Crippen molar-refractivity contribution in [3.63, 3.8) is 0 Å². The Labute approximate surface area is 106 Å². The van der Waals surface area contributed by atoms with Gasteiger partial charge in [0, 0.05) is 10.0 Å². The molecule has 0 saturated heterocycles. The van der Waals surface area contributed by atoms with E-state index in [1.165, 1.54) is 6.92 Å². The van der Waals surface area contributed by atoms with E-state index in [1.807, 2.05) is 0 Å². The lowest BCUT2D eigenvalue weighted by Gasteiger charge is -2.06. The minimum Gasteiger partial charge on any atom is -0.338 e.